The number of ether oxygens (including phenoxy) is 1. The van der Waals surface area contributed by atoms with Gasteiger partial charge in [0.05, 0.1) is 13.2 Å². The summed E-state index contributed by atoms with van der Waals surface area (Å²) in [5, 5.41) is 3.21. The van der Waals surface area contributed by atoms with Gasteiger partial charge in [-0.3, -0.25) is 4.79 Å². The molecule has 0 spiro atoms. The number of rotatable bonds is 4. The van der Waals surface area contributed by atoms with Crippen molar-refractivity contribution in [3.05, 3.63) is 34.9 Å². The number of nitrogens with zero attached hydrogens (tertiary/aromatic N) is 1. The van der Waals surface area contributed by atoms with Gasteiger partial charge in [-0.05, 0) is 62.0 Å². The van der Waals surface area contributed by atoms with Gasteiger partial charge < -0.3 is 15.0 Å². The summed E-state index contributed by atoms with van der Waals surface area (Å²) in [4.78, 5) is 14.6. The molecule has 0 bridgehead atoms. The molecule has 1 amide bonds. The van der Waals surface area contributed by atoms with E-state index in [1.165, 1.54) is 17.5 Å². The summed E-state index contributed by atoms with van der Waals surface area (Å²) in [6.45, 7) is 4.17. The maximum Gasteiger partial charge on any atom is 0.253 e. The molecule has 0 unspecified atom stereocenters. The fourth-order valence-electron chi connectivity index (χ4n) is 3.26. The van der Waals surface area contributed by atoms with Crippen molar-refractivity contribution in [2.24, 2.45) is 5.92 Å². The summed E-state index contributed by atoms with van der Waals surface area (Å²) in [6, 6.07) is 6.00. The maximum absolute atomic E-state index is 12.6. The first-order valence-electron chi connectivity index (χ1n) is 7.91. The zero-order chi connectivity index (χ0) is 14.7. The van der Waals surface area contributed by atoms with Crippen molar-refractivity contribution in [3.8, 4) is 0 Å². The summed E-state index contributed by atoms with van der Waals surface area (Å²) < 4.78 is 5.42. The molecular formula is C17H25ClN2O2. The van der Waals surface area contributed by atoms with E-state index in [2.05, 4.69) is 5.32 Å². The van der Waals surface area contributed by atoms with E-state index >= 15 is 0 Å². The maximum atomic E-state index is 12.6. The van der Waals surface area contributed by atoms with E-state index in [9.17, 15) is 4.79 Å². The number of carbonyl (C=O) groups is 1. The van der Waals surface area contributed by atoms with Crippen LogP contribution in [0.4, 0.5) is 0 Å². The third kappa shape index (κ3) is 3.80. The van der Waals surface area contributed by atoms with Crippen molar-refractivity contribution in [1.29, 1.82) is 0 Å². The minimum absolute atomic E-state index is 0. The number of hydrogen-bond donors (Lipinski definition) is 1. The van der Waals surface area contributed by atoms with E-state index in [-0.39, 0.29) is 18.3 Å². The molecule has 5 heteroatoms. The SMILES string of the molecule is CNCCC1CCN(C(=O)c2ccc3c(c2)COC3)CC1.Cl. The Bertz CT molecular complexity index is 513. The van der Waals surface area contributed by atoms with Crippen LogP contribution in [0.3, 0.4) is 0 Å². The molecule has 0 atom stereocenters. The van der Waals surface area contributed by atoms with Crippen LogP contribution < -0.4 is 5.32 Å². The van der Waals surface area contributed by atoms with E-state index in [1.807, 2.05) is 30.1 Å². The normalized spacial score (nSPS) is 18.0. The number of piperidine rings is 1. The largest absolute Gasteiger partial charge is 0.372 e. The van der Waals surface area contributed by atoms with Crippen molar-refractivity contribution in [1.82, 2.24) is 10.2 Å². The van der Waals surface area contributed by atoms with E-state index in [0.717, 1.165) is 44.0 Å². The molecule has 3 rings (SSSR count). The van der Waals surface area contributed by atoms with Crippen LogP contribution >= 0.6 is 12.4 Å². The Kier molecular flexibility index (Phi) is 6.24. The molecule has 1 N–H and O–H groups in total. The highest BCUT2D eigenvalue weighted by Gasteiger charge is 2.24. The molecule has 22 heavy (non-hydrogen) atoms. The number of amides is 1. The first kappa shape index (κ1) is 17.3. The molecule has 1 fully saturated rings. The lowest BCUT2D eigenvalue weighted by atomic mass is 9.93. The van der Waals surface area contributed by atoms with Crippen LogP contribution in [-0.2, 0) is 18.0 Å². The second kappa shape index (κ2) is 7.95. The fraction of sp³-hybridized carbons (Fsp3) is 0.588. The first-order chi connectivity index (χ1) is 10.3. The summed E-state index contributed by atoms with van der Waals surface area (Å²) in [7, 11) is 2.00. The Balaban J connectivity index is 0.00000176. The van der Waals surface area contributed by atoms with Crippen LogP contribution in [0.1, 0.15) is 40.7 Å². The second-order valence-electron chi connectivity index (χ2n) is 6.10. The van der Waals surface area contributed by atoms with Crippen molar-refractivity contribution in [2.45, 2.75) is 32.5 Å². The van der Waals surface area contributed by atoms with Gasteiger partial charge >= 0.3 is 0 Å². The number of benzene rings is 1. The third-order valence-electron chi connectivity index (χ3n) is 4.67. The Morgan fingerprint density at radius 1 is 1.27 bits per heavy atom. The molecule has 4 nitrogen and oxygen atoms in total. The van der Waals surface area contributed by atoms with Crippen LogP contribution in [0, 0.1) is 5.92 Å². The molecule has 1 aromatic rings. The Labute approximate surface area is 138 Å². The van der Waals surface area contributed by atoms with Gasteiger partial charge in [0.25, 0.3) is 5.91 Å². The molecule has 1 aromatic carbocycles. The van der Waals surface area contributed by atoms with Crippen molar-refractivity contribution in [3.63, 3.8) is 0 Å². The van der Waals surface area contributed by atoms with Crippen molar-refractivity contribution >= 4 is 18.3 Å². The quantitative estimate of drug-likeness (QED) is 0.925. The van der Waals surface area contributed by atoms with Gasteiger partial charge in [-0.1, -0.05) is 6.07 Å². The molecule has 2 aliphatic heterocycles. The van der Waals surface area contributed by atoms with Crippen LogP contribution in [-0.4, -0.2) is 37.5 Å². The standard InChI is InChI=1S/C17H24N2O2.ClH/c1-18-7-4-13-5-8-19(9-6-13)17(20)14-2-3-15-11-21-12-16(15)10-14;/h2-3,10,13,18H,4-9,11-12H2,1H3;1H. The van der Waals surface area contributed by atoms with Crippen LogP contribution in [0.5, 0.6) is 0 Å². The number of nitrogens with one attached hydrogen (secondary N) is 1. The number of likely N-dealkylation sites (tertiary alicyclic amines) is 1. The molecule has 0 radical (unpaired) electrons. The van der Waals surface area contributed by atoms with Gasteiger partial charge in [-0.15, -0.1) is 12.4 Å². The fourth-order valence-corrected chi connectivity index (χ4v) is 3.26. The van der Waals surface area contributed by atoms with Crippen molar-refractivity contribution in [2.75, 3.05) is 26.7 Å². The Morgan fingerprint density at radius 3 is 2.73 bits per heavy atom. The van der Waals surface area contributed by atoms with Gasteiger partial charge in [0.1, 0.15) is 0 Å². The Hall–Kier alpha value is -1.10. The average Bonchev–Trinajstić information content (AvgIpc) is 3.00. The van der Waals surface area contributed by atoms with Gasteiger partial charge in [0, 0.05) is 18.7 Å². The predicted molar refractivity (Wildman–Crippen MR) is 89.4 cm³/mol. The molecule has 1 saturated heterocycles. The van der Waals surface area contributed by atoms with Crippen LogP contribution in [0.15, 0.2) is 18.2 Å². The Morgan fingerprint density at radius 2 is 2.00 bits per heavy atom. The predicted octanol–water partition coefficient (Wildman–Crippen LogP) is 2.60. The van der Waals surface area contributed by atoms with Crippen molar-refractivity contribution < 1.29 is 9.53 Å². The van der Waals surface area contributed by atoms with E-state index < -0.39 is 0 Å². The van der Waals surface area contributed by atoms with Gasteiger partial charge in [0.15, 0.2) is 0 Å². The highest BCUT2D eigenvalue weighted by Crippen LogP contribution is 2.24. The monoisotopic (exact) mass is 324 g/mol. The lowest BCUT2D eigenvalue weighted by Gasteiger charge is -2.32. The molecule has 0 saturated carbocycles. The number of carbonyl (C=O) groups excluding carboxylic acids is 1. The van der Waals surface area contributed by atoms with Gasteiger partial charge in [-0.25, -0.2) is 0 Å². The van der Waals surface area contributed by atoms with E-state index in [1.54, 1.807) is 0 Å². The van der Waals surface area contributed by atoms with E-state index in [4.69, 9.17) is 4.74 Å². The first-order valence-corrected chi connectivity index (χ1v) is 7.91. The lowest BCUT2D eigenvalue weighted by molar-refractivity contribution is 0.0687. The number of hydrogen-bond acceptors (Lipinski definition) is 3. The topological polar surface area (TPSA) is 41.6 Å². The van der Waals surface area contributed by atoms with E-state index in [0.29, 0.717) is 13.2 Å². The highest BCUT2D eigenvalue weighted by molar-refractivity contribution is 5.94. The molecule has 2 aliphatic rings. The molecule has 122 valence electrons. The smallest absolute Gasteiger partial charge is 0.253 e. The second-order valence-corrected chi connectivity index (χ2v) is 6.10. The molecule has 0 aliphatic carbocycles. The lowest BCUT2D eigenvalue weighted by Crippen LogP contribution is -2.39. The average molecular weight is 325 g/mol. The zero-order valence-electron chi connectivity index (χ0n) is 13.1. The minimum atomic E-state index is 0. The third-order valence-corrected chi connectivity index (χ3v) is 4.67. The summed E-state index contributed by atoms with van der Waals surface area (Å²) >= 11 is 0. The summed E-state index contributed by atoms with van der Waals surface area (Å²) in [6.07, 6.45) is 3.47. The summed E-state index contributed by atoms with van der Waals surface area (Å²) in [5.41, 5.74) is 3.20. The minimum Gasteiger partial charge on any atom is -0.372 e. The van der Waals surface area contributed by atoms with Gasteiger partial charge in [0.2, 0.25) is 0 Å². The van der Waals surface area contributed by atoms with Gasteiger partial charge in [-0.2, -0.15) is 0 Å². The highest BCUT2D eigenvalue weighted by atomic mass is 35.5. The number of fused-ring (bicyclic) bond motifs is 1. The summed E-state index contributed by atoms with van der Waals surface area (Å²) in [5.74, 6) is 0.937. The van der Waals surface area contributed by atoms with Crippen LogP contribution in [0.2, 0.25) is 0 Å². The molecule has 0 aromatic heterocycles. The molecular weight excluding hydrogens is 300 g/mol. The van der Waals surface area contributed by atoms with Crippen LogP contribution in [0.25, 0.3) is 0 Å². The zero-order valence-corrected chi connectivity index (χ0v) is 14.0. The molecule has 2 heterocycles. The number of halogens is 1.